The van der Waals surface area contributed by atoms with Crippen molar-refractivity contribution < 1.29 is 48.3 Å². The summed E-state index contributed by atoms with van der Waals surface area (Å²) in [5.74, 6) is -1.65. The normalized spacial score (nSPS) is 10.9. The second kappa shape index (κ2) is 19.5. The van der Waals surface area contributed by atoms with E-state index in [1.807, 2.05) is 24.3 Å². The maximum atomic E-state index is 14.8. The molecule has 0 aliphatic rings. The van der Waals surface area contributed by atoms with Gasteiger partial charge in [-0.05, 0) is 102 Å². The maximum absolute atomic E-state index is 14.8. The molecule has 0 atom stereocenters. The fourth-order valence-electron chi connectivity index (χ4n) is 8.33. The number of fused-ring (bicyclic) bond motifs is 6. The standard InChI is InChI=1S/C50H31F2N4O2.C6H5NO2.Ir/c1-53-50-43(51)23-22-42(49(50)52)44-28-32(24-25-54-44)30-57-36-18-20-37(21-19-36)58-31-33-26-34(55-45-14-6-2-10-38(45)39-11-3-7-15-46(39)55)29-35(27-33)56-47-16-8-4-12-40(47)41-13-5-9-17-48(41)56;8-6(9)5-3-1-2-4-7-5;/h2-21,23-29H,30-31H2;1-4H,(H,8,9);/q-1;;. The molecule has 0 fully saturated rings. The van der Waals surface area contributed by atoms with Crippen LogP contribution in [0.1, 0.15) is 21.6 Å². The van der Waals surface area contributed by atoms with Gasteiger partial charge in [0.25, 0.3) is 0 Å². The summed E-state index contributed by atoms with van der Waals surface area (Å²) in [5.41, 5.74) is 7.86. The van der Waals surface area contributed by atoms with Gasteiger partial charge in [0.2, 0.25) is 0 Å². The Labute approximate surface area is 402 Å². The van der Waals surface area contributed by atoms with Gasteiger partial charge in [-0.15, -0.1) is 17.7 Å². The molecular weight excluding hydrogens is 1040 g/mol. The van der Waals surface area contributed by atoms with Crippen LogP contribution in [0.25, 0.3) is 71.1 Å². The Morgan fingerprint density at radius 2 is 1.09 bits per heavy atom. The summed E-state index contributed by atoms with van der Waals surface area (Å²) in [4.78, 5) is 20.9. The molecule has 0 aliphatic carbocycles. The van der Waals surface area contributed by atoms with Crippen LogP contribution in [0.3, 0.4) is 0 Å². The number of carboxylic acid groups (broad SMARTS) is 1. The van der Waals surface area contributed by atoms with Crippen LogP contribution in [0.15, 0.2) is 188 Å². The number of aromatic carboxylic acids is 1. The van der Waals surface area contributed by atoms with E-state index in [-0.39, 0.29) is 43.7 Å². The van der Waals surface area contributed by atoms with Crippen molar-refractivity contribution in [1.29, 1.82) is 0 Å². The second-order valence-electron chi connectivity index (χ2n) is 15.5. The molecule has 12 heteroatoms. The van der Waals surface area contributed by atoms with Crippen LogP contribution in [0.2, 0.25) is 0 Å². The second-order valence-corrected chi connectivity index (χ2v) is 15.5. The Bertz CT molecular complexity index is 3440. The predicted molar refractivity (Wildman–Crippen MR) is 256 cm³/mol. The fraction of sp³-hybridized carbons (Fsp3) is 0.0357. The summed E-state index contributed by atoms with van der Waals surface area (Å²) in [7, 11) is 0. The maximum Gasteiger partial charge on any atom is 0.354 e. The zero-order chi connectivity index (χ0) is 45.9. The number of carboxylic acids is 1. The predicted octanol–water partition coefficient (Wildman–Crippen LogP) is 13.5. The Balaban J connectivity index is 0.000000521. The van der Waals surface area contributed by atoms with Crippen LogP contribution in [-0.4, -0.2) is 30.2 Å². The number of halogens is 2. The van der Waals surface area contributed by atoms with E-state index < -0.39 is 23.3 Å². The fourth-order valence-corrected chi connectivity index (χ4v) is 8.33. The van der Waals surface area contributed by atoms with Gasteiger partial charge >= 0.3 is 5.97 Å². The molecule has 7 aromatic carbocycles. The molecule has 0 bridgehead atoms. The van der Waals surface area contributed by atoms with Gasteiger partial charge in [0.1, 0.15) is 30.4 Å². The molecule has 0 aliphatic heterocycles. The zero-order valence-electron chi connectivity index (χ0n) is 35.8. The zero-order valence-corrected chi connectivity index (χ0v) is 38.2. The molecule has 0 saturated carbocycles. The first-order valence-corrected chi connectivity index (χ1v) is 21.2. The molecule has 333 valence electrons. The first-order chi connectivity index (χ1) is 32.8. The van der Waals surface area contributed by atoms with Crippen LogP contribution in [0.5, 0.6) is 11.5 Å². The number of nitrogens with zero attached hydrogens (tertiary/aromatic N) is 5. The Kier molecular flexibility index (Phi) is 12.8. The van der Waals surface area contributed by atoms with Crippen LogP contribution >= 0.6 is 0 Å². The number of pyridine rings is 2. The molecule has 9 nitrogen and oxygen atoms in total. The minimum Gasteiger partial charge on any atom is -0.489 e. The molecule has 0 saturated heterocycles. The minimum absolute atomic E-state index is 0. The van der Waals surface area contributed by atoms with Gasteiger partial charge in [-0.2, -0.15) is 0 Å². The number of aromatic nitrogens is 4. The van der Waals surface area contributed by atoms with Gasteiger partial charge in [0, 0.05) is 77.1 Å². The van der Waals surface area contributed by atoms with E-state index in [0.717, 1.165) is 45.1 Å². The number of benzene rings is 7. The van der Waals surface area contributed by atoms with E-state index in [1.165, 1.54) is 40.0 Å². The van der Waals surface area contributed by atoms with Gasteiger partial charge in [-0.25, -0.2) is 9.78 Å². The van der Waals surface area contributed by atoms with E-state index in [0.29, 0.717) is 23.7 Å². The Morgan fingerprint density at radius 1 is 0.603 bits per heavy atom. The summed E-state index contributed by atoms with van der Waals surface area (Å²) >= 11 is 0. The molecule has 11 aromatic rings. The average molecular weight is 1070 g/mol. The van der Waals surface area contributed by atoms with Crippen molar-refractivity contribution in [2.75, 3.05) is 0 Å². The first kappa shape index (κ1) is 44.7. The molecule has 0 amide bonds. The monoisotopic (exact) mass is 1070 g/mol. The molecule has 1 radical (unpaired) electrons. The van der Waals surface area contributed by atoms with Gasteiger partial charge in [-0.1, -0.05) is 84.9 Å². The van der Waals surface area contributed by atoms with Crippen LogP contribution in [0, 0.1) is 24.3 Å². The summed E-state index contributed by atoms with van der Waals surface area (Å²) in [6.07, 6.45) is 2.96. The van der Waals surface area contributed by atoms with Crippen molar-refractivity contribution >= 4 is 55.3 Å². The number of rotatable bonds is 10. The molecule has 1 N–H and O–H groups in total. The van der Waals surface area contributed by atoms with Gasteiger partial charge < -0.3 is 28.7 Å². The van der Waals surface area contributed by atoms with E-state index >= 15 is 0 Å². The summed E-state index contributed by atoms with van der Waals surface area (Å²) in [5, 5.41) is 13.1. The van der Waals surface area contributed by atoms with E-state index in [1.54, 1.807) is 24.3 Å². The van der Waals surface area contributed by atoms with E-state index in [2.05, 4.69) is 145 Å². The van der Waals surface area contributed by atoms with Gasteiger partial charge in [0.05, 0.1) is 28.6 Å². The van der Waals surface area contributed by atoms with Crippen LogP contribution < -0.4 is 9.47 Å². The minimum atomic E-state index is -0.990. The molecule has 4 aromatic heterocycles. The van der Waals surface area contributed by atoms with E-state index in [4.69, 9.17) is 21.2 Å². The number of hydrogen-bond acceptors (Lipinski definition) is 5. The number of ether oxygens (including phenoxy) is 2. The van der Waals surface area contributed by atoms with Crippen molar-refractivity contribution in [3.8, 4) is 34.1 Å². The average Bonchev–Trinajstić information content (AvgIpc) is 3.89. The molecule has 4 heterocycles. The molecular formula is C56H36F2IrN5O4-. The first-order valence-electron chi connectivity index (χ1n) is 21.2. The molecule has 0 unspecified atom stereocenters. The number of para-hydroxylation sites is 4. The molecule has 0 spiro atoms. The topological polar surface area (TPSA) is 95.8 Å². The van der Waals surface area contributed by atoms with Crippen molar-refractivity contribution in [1.82, 2.24) is 19.1 Å². The van der Waals surface area contributed by atoms with Crippen molar-refractivity contribution in [2.45, 2.75) is 13.2 Å². The number of hydrogen-bond donors (Lipinski definition) is 1. The van der Waals surface area contributed by atoms with Gasteiger partial charge in [0.15, 0.2) is 5.69 Å². The van der Waals surface area contributed by atoms with Crippen molar-refractivity contribution in [2.24, 2.45) is 0 Å². The van der Waals surface area contributed by atoms with Gasteiger partial charge in [-0.3, -0.25) is 13.6 Å². The van der Waals surface area contributed by atoms with E-state index in [9.17, 15) is 13.6 Å². The van der Waals surface area contributed by atoms with Crippen molar-refractivity contribution in [3.63, 3.8) is 0 Å². The third-order valence-electron chi connectivity index (χ3n) is 11.3. The summed E-state index contributed by atoms with van der Waals surface area (Å²) < 4.78 is 45.9. The molecule has 68 heavy (non-hydrogen) atoms. The Morgan fingerprint density at radius 3 is 1.54 bits per heavy atom. The smallest absolute Gasteiger partial charge is 0.354 e. The third kappa shape index (κ3) is 8.79. The van der Waals surface area contributed by atoms with Crippen LogP contribution in [-0.2, 0) is 33.3 Å². The summed E-state index contributed by atoms with van der Waals surface area (Å²) in [6, 6.07) is 59.8. The summed E-state index contributed by atoms with van der Waals surface area (Å²) in [6.45, 7) is 7.62. The largest absolute Gasteiger partial charge is 0.489 e. The molecule has 11 rings (SSSR count). The quantitative estimate of drug-likeness (QED) is 0.137. The number of carbonyl (C=O) groups is 1. The van der Waals surface area contributed by atoms with Crippen LogP contribution in [0.4, 0.5) is 14.5 Å². The van der Waals surface area contributed by atoms with Crippen molar-refractivity contribution in [3.05, 3.63) is 234 Å². The Hall–Kier alpha value is -8.49. The third-order valence-corrected chi connectivity index (χ3v) is 11.3. The SMILES string of the molecule is O=C(O)c1ccccn1.[C-]#[N+]c1c(F)c[c-]c(-c2cc(COc3ccc(OCc4cc(-n5c6ccccc6c6ccccc65)cc(-n5c6ccccc6c6ccccc65)c4)cc3)ccn2)c1F.[Ir].